The van der Waals surface area contributed by atoms with Crippen LogP contribution in [-0.4, -0.2) is 25.2 Å². The number of imidazole rings is 1. The van der Waals surface area contributed by atoms with Crippen molar-refractivity contribution in [3.63, 3.8) is 0 Å². The Balaban J connectivity index is 1.67. The molecular weight excluding hydrogens is 505 g/mol. The van der Waals surface area contributed by atoms with Crippen molar-refractivity contribution in [2.24, 2.45) is 7.05 Å². The quantitative estimate of drug-likeness (QED) is 0.406. The molecule has 0 radical (unpaired) electrons. The van der Waals surface area contributed by atoms with Crippen molar-refractivity contribution in [1.29, 1.82) is 0 Å². The lowest BCUT2D eigenvalue weighted by molar-refractivity contribution is 0.652. The van der Waals surface area contributed by atoms with Crippen LogP contribution in [-0.2, 0) is 20.1 Å². The van der Waals surface area contributed by atoms with Crippen molar-refractivity contribution in [3.05, 3.63) is 83.4 Å². The SMILES string of the molecule is Cn1c(=O)n(Cc2ccc(Cl)cc2Cl)c(=O)c2c1nc1n2CCN1c1ccc(Br)cc1. The van der Waals surface area contributed by atoms with E-state index < -0.39 is 5.69 Å². The highest BCUT2D eigenvalue weighted by atomic mass is 79.9. The number of benzene rings is 2. The molecule has 2 aromatic carbocycles. The van der Waals surface area contributed by atoms with Gasteiger partial charge in [-0.1, -0.05) is 45.2 Å². The molecule has 31 heavy (non-hydrogen) atoms. The zero-order valence-corrected chi connectivity index (χ0v) is 19.4. The van der Waals surface area contributed by atoms with Crippen LogP contribution < -0.4 is 16.1 Å². The lowest BCUT2D eigenvalue weighted by Crippen LogP contribution is -2.40. The summed E-state index contributed by atoms with van der Waals surface area (Å²) in [6.07, 6.45) is 0. The van der Waals surface area contributed by atoms with Crippen LogP contribution in [0.15, 0.2) is 56.5 Å². The Kier molecular flexibility index (Phi) is 4.96. The maximum absolute atomic E-state index is 13.4. The molecule has 10 heteroatoms. The first-order chi connectivity index (χ1) is 14.8. The van der Waals surface area contributed by atoms with E-state index in [-0.39, 0.29) is 12.1 Å². The van der Waals surface area contributed by atoms with Crippen LogP contribution >= 0.6 is 39.1 Å². The van der Waals surface area contributed by atoms with Crippen LogP contribution in [0.25, 0.3) is 11.2 Å². The molecule has 0 saturated heterocycles. The van der Waals surface area contributed by atoms with E-state index in [0.717, 1.165) is 10.2 Å². The first kappa shape index (κ1) is 20.4. The molecule has 158 valence electrons. The second kappa shape index (κ2) is 7.55. The van der Waals surface area contributed by atoms with Crippen molar-refractivity contribution < 1.29 is 0 Å². The van der Waals surface area contributed by atoms with Crippen molar-refractivity contribution >= 4 is 61.9 Å². The number of rotatable bonds is 3. The normalized spacial score (nSPS) is 13.2. The van der Waals surface area contributed by atoms with Crippen molar-refractivity contribution in [2.45, 2.75) is 13.1 Å². The number of fused-ring (bicyclic) bond motifs is 3. The topological polar surface area (TPSA) is 65.1 Å². The molecule has 0 amide bonds. The molecule has 1 aliphatic rings. The Labute approximate surface area is 195 Å². The maximum Gasteiger partial charge on any atom is 0.332 e. The van der Waals surface area contributed by atoms with Gasteiger partial charge in [-0.3, -0.25) is 13.9 Å². The summed E-state index contributed by atoms with van der Waals surface area (Å²) in [7, 11) is 1.62. The molecule has 7 nitrogen and oxygen atoms in total. The molecule has 0 saturated carbocycles. The molecule has 0 bridgehead atoms. The van der Waals surface area contributed by atoms with Gasteiger partial charge < -0.3 is 9.47 Å². The Morgan fingerprint density at radius 1 is 1.06 bits per heavy atom. The number of halogens is 3. The van der Waals surface area contributed by atoms with Gasteiger partial charge in [0, 0.05) is 40.3 Å². The van der Waals surface area contributed by atoms with Crippen LogP contribution in [0.4, 0.5) is 11.6 Å². The maximum atomic E-state index is 13.4. The van der Waals surface area contributed by atoms with Crippen LogP contribution in [0.2, 0.25) is 10.0 Å². The fraction of sp³-hybridized carbons (Fsp3) is 0.190. The largest absolute Gasteiger partial charge is 0.332 e. The standard InChI is InChI=1S/C21H16BrCl2N5O2/c1-26-18-17(19(30)29(21(26)31)11-12-2-5-14(23)10-16(12)24)28-9-8-27(20(28)25-18)15-6-3-13(22)4-7-15/h2-7,10H,8-9,11H2,1H3. The third-order valence-electron chi connectivity index (χ3n) is 5.48. The second-order valence-electron chi connectivity index (χ2n) is 7.33. The van der Waals surface area contributed by atoms with Gasteiger partial charge in [0.1, 0.15) is 0 Å². The second-order valence-corrected chi connectivity index (χ2v) is 9.09. The Hall–Kier alpha value is -2.55. The highest BCUT2D eigenvalue weighted by Crippen LogP contribution is 2.32. The summed E-state index contributed by atoms with van der Waals surface area (Å²) in [5.41, 5.74) is 1.54. The average Bonchev–Trinajstić information content (AvgIpc) is 3.31. The Morgan fingerprint density at radius 3 is 2.52 bits per heavy atom. The van der Waals surface area contributed by atoms with E-state index in [9.17, 15) is 9.59 Å². The van der Waals surface area contributed by atoms with Crippen molar-refractivity contribution in [1.82, 2.24) is 18.7 Å². The van der Waals surface area contributed by atoms with Gasteiger partial charge in [-0.05, 0) is 42.0 Å². The fourth-order valence-corrected chi connectivity index (χ4v) is 4.64. The summed E-state index contributed by atoms with van der Waals surface area (Å²) < 4.78 is 5.45. The number of aromatic nitrogens is 4. The summed E-state index contributed by atoms with van der Waals surface area (Å²) in [5, 5.41) is 0.896. The first-order valence-corrected chi connectivity index (χ1v) is 11.1. The van der Waals surface area contributed by atoms with Gasteiger partial charge in [-0.25, -0.2) is 4.79 Å². The molecule has 5 rings (SSSR count). The molecule has 2 aromatic heterocycles. The van der Waals surface area contributed by atoms with Gasteiger partial charge in [0.2, 0.25) is 5.95 Å². The molecule has 0 spiro atoms. The van der Waals surface area contributed by atoms with Crippen LogP contribution in [0.3, 0.4) is 0 Å². The van der Waals surface area contributed by atoms with E-state index in [1.807, 2.05) is 33.7 Å². The molecule has 3 heterocycles. The van der Waals surface area contributed by atoms with E-state index in [2.05, 4.69) is 20.9 Å². The number of hydrogen-bond acceptors (Lipinski definition) is 4. The average molecular weight is 521 g/mol. The fourth-order valence-electron chi connectivity index (χ4n) is 3.90. The first-order valence-electron chi connectivity index (χ1n) is 9.52. The molecule has 0 unspecified atom stereocenters. The van der Waals surface area contributed by atoms with Gasteiger partial charge in [0.15, 0.2) is 11.2 Å². The Morgan fingerprint density at radius 2 is 1.81 bits per heavy atom. The molecule has 0 N–H and O–H groups in total. The van der Waals surface area contributed by atoms with Crippen molar-refractivity contribution in [2.75, 3.05) is 11.4 Å². The Bertz CT molecular complexity index is 1460. The monoisotopic (exact) mass is 519 g/mol. The van der Waals surface area contributed by atoms with E-state index in [0.29, 0.717) is 45.8 Å². The predicted octanol–water partition coefficient (Wildman–Crippen LogP) is 4.17. The third kappa shape index (κ3) is 3.30. The number of hydrogen-bond donors (Lipinski definition) is 0. The van der Waals surface area contributed by atoms with Gasteiger partial charge >= 0.3 is 5.69 Å². The van der Waals surface area contributed by atoms with Gasteiger partial charge in [-0.2, -0.15) is 4.98 Å². The van der Waals surface area contributed by atoms with E-state index in [4.69, 9.17) is 23.2 Å². The lowest BCUT2D eigenvalue weighted by atomic mass is 10.2. The van der Waals surface area contributed by atoms with Crippen LogP contribution in [0.1, 0.15) is 5.56 Å². The lowest BCUT2D eigenvalue weighted by Gasteiger charge is -2.15. The van der Waals surface area contributed by atoms with Gasteiger partial charge in [0.25, 0.3) is 5.56 Å². The number of nitrogens with zero attached hydrogens (tertiary/aromatic N) is 5. The third-order valence-corrected chi connectivity index (χ3v) is 6.60. The predicted molar refractivity (Wildman–Crippen MR) is 126 cm³/mol. The summed E-state index contributed by atoms with van der Waals surface area (Å²) in [5.74, 6) is 0.645. The summed E-state index contributed by atoms with van der Waals surface area (Å²) >= 11 is 15.7. The van der Waals surface area contributed by atoms with Gasteiger partial charge in [0.05, 0.1) is 6.54 Å². The van der Waals surface area contributed by atoms with Crippen LogP contribution in [0.5, 0.6) is 0 Å². The molecule has 1 aliphatic heterocycles. The molecule has 0 aliphatic carbocycles. The van der Waals surface area contributed by atoms with Gasteiger partial charge in [-0.15, -0.1) is 0 Å². The smallest absolute Gasteiger partial charge is 0.310 e. The summed E-state index contributed by atoms with van der Waals surface area (Å²) in [6.45, 7) is 1.33. The molecule has 0 fully saturated rings. The van der Waals surface area contributed by atoms with Crippen molar-refractivity contribution in [3.8, 4) is 0 Å². The van der Waals surface area contributed by atoms with Crippen LogP contribution in [0, 0.1) is 0 Å². The minimum Gasteiger partial charge on any atom is -0.310 e. The van der Waals surface area contributed by atoms with E-state index in [1.165, 1.54) is 9.13 Å². The highest BCUT2D eigenvalue weighted by Gasteiger charge is 2.28. The highest BCUT2D eigenvalue weighted by molar-refractivity contribution is 9.10. The molecular formula is C21H16BrCl2N5O2. The zero-order valence-electron chi connectivity index (χ0n) is 16.3. The number of anilines is 2. The zero-order chi connectivity index (χ0) is 21.9. The minimum atomic E-state index is -0.449. The summed E-state index contributed by atoms with van der Waals surface area (Å²) in [4.78, 5) is 33.1. The summed E-state index contributed by atoms with van der Waals surface area (Å²) in [6, 6.07) is 12.9. The van der Waals surface area contributed by atoms with E-state index >= 15 is 0 Å². The molecule has 4 aromatic rings. The van der Waals surface area contributed by atoms with E-state index in [1.54, 1.807) is 25.2 Å². The minimum absolute atomic E-state index is 0.0500. The number of aryl methyl sites for hydroxylation is 1. The molecule has 0 atom stereocenters.